The summed E-state index contributed by atoms with van der Waals surface area (Å²) < 4.78 is 0. The number of urea groups is 1. The Kier molecular flexibility index (Phi) is 8.90. The summed E-state index contributed by atoms with van der Waals surface area (Å²) >= 11 is 0. The normalized spacial score (nSPS) is 25.4. The molecule has 1 unspecified atom stereocenters. The number of benzene rings is 1. The first-order chi connectivity index (χ1) is 16.6. The van der Waals surface area contributed by atoms with Gasteiger partial charge in [0.15, 0.2) is 5.78 Å². The second-order valence-electron chi connectivity index (χ2n) is 11.6. The van der Waals surface area contributed by atoms with Crippen molar-refractivity contribution in [1.29, 1.82) is 0 Å². The van der Waals surface area contributed by atoms with Crippen LogP contribution < -0.4 is 5.32 Å². The molecular weight excluding hydrogens is 476 g/mol. The zero-order chi connectivity index (χ0) is 25.4. The lowest BCUT2D eigenvalue weighted by Gasteiger charge is -2.46. The van der Waals surface area contributed by atoms with Gasteiger partial charge in [0.1, 0.15) is 5.54 Å². The Labute approximate surface area is 222 Å². The van der Waals surface area contributed by atoms with Crippen molar-refractivity contribution in [1.82, 2.24) is 20.0 Å². The van der Waals surface area contributed by atoms with Crippen LogP contribution in [0, 0.1) is 11.3 Å². The van der Waals surface area contributed by atoms with Crippen LogP contribution in [0.15, 0.2) is 30.3 Å². The smallest absolute Gasteiger partial charge is 0.316 e. The molecule has 3 atom stereocenters. The van der Waals surface area contributed by atoms with Crippen molar-refractivity contribution in [3.05, 3.63) is 35.9 Å². The van der Waals surface area contributed by atoms with Crippen LogP contribution in [0.4, 0.5) is 4.79 Å². The molecule has 36 heavy (non-hydrogen) atoms. The largest absolute Gasteiger partial charge is 0.327 e. The molecule has 200 valence electrons. The zero-order valence-corrected chi connectivity index (χ0v) is 23.3. The Morgan fingerprint density at radius 3 is 2.25 bits per heavy atom. The van der Waals surface area contributed by atoms with Crippen molar-refractivity contribution < 1.29 is 14.4 Å². The van der Waals surface area contributed by atoms with Crippen molar-refractivity contribution in [2.75, 3.05) is 39.3 Å². The molecule has 3 aliphatic rings. The van der Waals surface area contributed by atoms with E-state index in [-0.39, 0.29) is 47.6 Å². The highest BCUT2D eigenvalue weighted by molar-refractivity contribution is 6.07. The minimum absolute atomic E-state index is 0. The number of carbonyl (C=O) groups is 3. The number of likely N-dealkylation sites (N-methyl/N-ethyl adjacent to an activating group) is 2. The molecule has 3 amide bonds. The summed E-state index contributed by atoms with van der Waals surface area (Å²) in [6.07, 6.45) is 1.69. The van der Waals surface area contributed by atoms with E-state index < -0.39 is 5.54 Å². The van der Waals surface area contributed by atoms with Crippen molar-refractivity contribution in [3.8, 4) is 0 Å². The van der Waals surface area contributed by atoms with Gasteiger partial charge in [-0.25, -0.2) is 4.79 Å². The van der Waals surface area contributed by atoms with Crippen LogP contribution in [0.25, 0.3) is 0 Å². The Bertz CT molecular complexity index is 940. The number of halogens is 1. The number of ketones is 1. The fourth-order valence-corrected chi connectivity index (χ4v) is 6.59. The molecule has 8 heteroatoms. The fourth-order valence-electron chi connectivity index (χ4n) is 6.59. The number of imide groups is 1. The molecule has 3 aliphatic heterocycles. The number of piperidine rings is 1. The van der Waals surface area contributed by atoms with Gasteiger partial charge in [0.2, 0.25) is 0 Å². The lowest BCUT2D eigenvalue weighted by Crippen LogP contribution is -2.60. The van der Waals surface area contributed by atoms with Gasteiger partial charge in [-0.3, -0.25) is 19.4 Å². The van der Waals surface area contributed by atoms with Gasteiger partial charge in [0, 0.05) is 57.5 Å². The van der Waals surface area contributed by atoms with Crippen molar-refractivity contribution in [2.24, 2.45) is 11.3 Å². The molecule has 1 spiro atoms. The van der Waals surface area contributed by atoms with Crippen molar-refractivity contribution >= 4 is 30.1 Å². The number of nitrogens with zero attached hydrogens (tertiary/aromatic N) is 3. The highest BCUT2D eigenvalue weighted by Crippen LogP contribution is 2.41. The number of nitrogens with one attached hydrogen (secondary N) is 1. The molecule has 0 saturated carbocycles. The zero-order valence-electron chi connectivity index (χ0n) is 22.5. The molecule has 3 heterocycles. The Morgan fingerprint density at radius 2 is 1.69 bits per heavy atom. The average molecular weight is 519 g/mol. The van der Waals surface area contributed by atoms with Crippen LogP contribution >= 0.6 is 12.4 Å². The predicted octanol–water partition coefficient (Wildman–Crippen LogP) is 3.92. The van der Waals surface area contributed by atoms with E-state index in [1.54, 1.807) is 4.90 Å². The van der Waals surface area contributed by atoms with Gasteiger partial charge in [0.05, 0.1) is 6.04 Å². The van der Waals surface area contributed by atoms with Crippen LogP contribution in [0.3, 0.4) is 0 Å². The number of Topliss-reactive ketones (excluding diaryl/α,β-unsaturated/α-hetero) is 1. The highest BCUT2D eigenvalue weighted by atomic mass is 35.5. The maximum Gasteiger partial charge on any atom is 0.327 e. The van der Waals surface area contributed by atoms with Gasteiger partial charge in [-0.15, -0.1) is 12.4 Å². The summed E-state index contributed by atoms with van der Waals surface area (Å²) in [5.74, 6) is 0.684. The summed E-state index contributed by atoms with van der Waals surface area (Å²) in [6.45, 7) is 14.1. The summed E-state index contributed by atoms with van der Waals surface area (Å²) in [5, 5.41) is 3.56. The van der Waals surface area contributed by atoms with Crippen molar-refractivity contribution in [2.45, 2.75) is 71.4 Å². The third-order valence-corrected chi connectivity index (χ3v) is 8.20. The number of hydrogen-bond donors (Lipinski definition) is 1. The van der Waals surface area contributed by atoms with Gasteiger partial charge in [-0.1, -0.05) is 51.1 Å². The van der Waals surface area contributed by atoms with Crippen LogP contribution in [-0.4, -0.2) is 83.3 Å². The molecule has 0 aliphatic carbocycles. The number of amides is 3. The third-order valence-electron chi connectivity index (χ3n) is 8.20. The van der Waals surface area contributed by atoms with E-state index in [0.717, 1.165) is 13.1 Å². The summed E-state index contributed by atoms with van der Waals surface area (Å²) in [6, 6.07) is 10.2. The molecule has 1 aromatic rings. The van der Waals surface area contributed by atoms with Gasteiger partial charge in [-0.2, -0.15) is 0 Å². The number of carbonyl (C=O) groups excluding carboxylic acids is 3. The first-order valence-corrected chi connectivity index (χ1v) is 13.3. The molecule has 0 bridgehead atoms. The van der Waals surface area contributed by atoms with E-state index in [2.05, 4.69) is 55.3 Å². The number of hydrogen-bond acceptors (Lipinski definition) is 5. The van der Waals surface area contributed by atoms with E-state index in [0.29, 0.717) is 51.2 Å². The van der Waals surface area contributed by atoms with Crippen LogP contribution in [-0.2, 0) is 9.59 Å². The average Bonchev–Trinajstić information content (AvgIpc) is 3.36. The maximum absolute atomic E-state index is 13.9. The molecule has 0 aromatic heterocycles. The second kappa shape index (κ2) is 11.2. The summed E-state index contributed by atoms with van der Waals surface area (Å²) in [4.78, 5) is 45.6. The molecule has 3 fully saturated rings. The van der Waals surface area contributed by atoms with Crippen LogP contribution in [0.2, 0.25) is 0 Å². The molecule has 3 saturated heterocycles. The summed E-state index contributed by atoms with van der Waals surface area (Å²) in [7, 11) is 0. The number of likely N-dealkylation sites (tertiary alicyclic amines) is 1. The fraction of sp³-hybridized carbons (Fsp3) is 0.679. The van der Waals surface area contributed by atoms with Gasteiger partial charge < -0.3 is 10.2 Å². The molecule has 1 N–H and O–H groups in total. The van der Waals surface area contributed by atoms with E-state index in [4.69, 9.17) is 0 Å². The predicted molar refractivity (Wildman–Crippen MR) is 144 cm³/mol. The molecule has 0 radical (unpaired) electrons. The monoisotopic (exact) mass is 518 g/mol. The Hall–Kier alpha value is -1.96. The maximum atomic E-state index is 13.9. The summed E-state index contributed by atoms with van der Waals surface area (Å²) in [5.41, 5.74) is 0.425. The number of rotatable bonds is 7. The first kappa shape index (κ1) is 28.6. The Balaban J connectivity index is 0.00000361. The molecular formula is C28H43ClN4O3. The molecule has 7 nitrogen and oxygen atoms in total. The van der Waals surface area contributed by atoms with Crippen molar-refractivity contribution in [3.63, 3.8) is 0 Å². The quantitative estimate of drug-likeness (QED) is 0.554. The minimum Gasteiger partial charge on any atom is -0.316 e. The van der Waals surface area contributed by atoms with Crippen LogP contribution in [0.1, 0.15) is 65.4 Å². The molecule has 1 aromatic carbocycles. The van der Waals surface area contributed by atoms with Gasteiger partial charge >= 0.3 is 6.03 Å². The van der Waals surface area contributed by atoms with E-state index in [9.17, 15) is 14.4 Å². The van der Waals surface area contributed by atoms with E-state index >= 15 is 0 Å². The Morgan fingerprint density at radius 1 is 1.06 bits per heavy atom. The third kappa shape index (κ3) is 5.20. The lowest BCUT2D eigenvalue weighted by atomic mass is 9.76. The van der Waals surface area contributed by atoms with Crippen LogP contribution in [0.5, 0.6) is 0 Å². The second-order valence-corrected chi connectivity index (χ2v) is 11.6. The first-order valence-electron chi connectivity index (χ1n) is 13.3. The SMILES string of the molecule is CCN1C(=O)N(CC)C2(CCN(C(C(=O)CC(C)(C)C)[C@@H]3CNC[C@@H]3c3ccccc3)CC2)C1=O.Cl. The topological polar surface area (TPSA) is 73.0 Å². The molecule has 4 rings (SSSR count). The van der Waals surface area contributed by atoms with E-state index in [1.165, 1.54) is 10.5 Å². The lowest BCUT2D eigenvalue weighted by molar-refractivity contribution is -0.137. The van der Waals surface area contributed by atoms with E-state index in [1.807, 2.05) is 19.9 Å². The highest BCUT2D eigenvalue weighted by Gasteiger charge is 2.58. The minimum atomic E-state index is -0.761. The van der Waals surface area contributed by atoms with Gasteiger partial charge in [-0.05, 0) is 37.7 Å². The van der Waals surface area contributed by atoms with Gasteiger partial charge in [0.25, 0.3) is 5.91 Å². The standard InChI is InChI=1S/C28H42N4O3.ClH/c1-6-31-25(34)28(32(7-2)26(31)35)13-15-30(16-14-28)24(23(33)17-27(3,4)5)22-19-29-18-21(22)20-11-9-8-10-12-20;/h8-12,21-22,24,29H,6-7,13-19H2,1-5H3;1H/t21-,22-,24?;/m1./s1.